The Kier molecular flexibility index (Phi) is 7.80. The minimum atomic E-state index is -1.29. The molecular weight excluding hydrogens is 352 g/mol. The number of carboxylic acid groups (broad SMARTS) is 1. The molecule has 0 aliphatic rings. The largest absolute Gasteiger partial charge is 0.478 e. The molecular formula is C24H30O4. The minimum Gasteiger partial charge on any atom is -0.478 e. The zero-order valence-corrected chi connectivity index (χ0v) is 17.1. The van der Waals surface area contributed by atoms with Gasteiger partial charge in [0.25, 0.3) is 0 Å². The molecule has 150 valence electrons. The summed E-state index contributed by atoms with van der Waals surface area (Å²) in [4.78, 5) is 23.9. The van der Waals surface area contributed by atoms with Crippen LogP contribution in [0.3, 0.4) is 0 Å². The highest BCUT2D eigenvalue weighted by Gasteiger charge is 2.24. The molecule has 1 N–H and O–H groups in total. The van der Waals surface area contributed by atoms with Gasteiger partial charge in [-0.15, -0.1) is 0 Å². The molecule has 0 spiro atoms. The predicted molar refractivity (Wildman–Crippen MR) is 110 cm³/mol. The topological polar surface area (TPSA) is 63.6 Å². The molecule has 2 rings (SSSR count). The summed E-state index contributed by atoms with van der Waals surface area (Å²) in [6.45, 7) is 8.58. The van der Waals surface area contributed by atoms with E-state index >= 15 is 0 Å². The fourth-order valence-electron chi connectivity index (χ4n) is 3.17. The van der Waals surface area contributed by atoms with Gasteiger partial charge in [-0.25, -0.2) is 4.79 Å². The smallest absolute Gasteiger partial charge is 0.349 e. The highest BCUT2D eigenvalue weighted by atomic mass is 16.6. The quantitative estimate of drug-likeness (QED) is 0.620. The molecule has 0 fully saturated rings. The maximum Gasteiger partial charge on any atom is 0.349 e. The summed E-state index contributed by atoms with van der Waals surface area (Å²) in [5.74, 6) is -0.627. The first-order valence-corrected chi connectivity index (χ1v) is 9.83. The first-order chi connectivity index (χ1) is 13.2. The third-order valence-corrected chi connectivity index (χ3v) is 4.42. The Morgan fingerprint density at radius 2 is 1.21 bits per heavy atom. The van der Waals surface area contributed by atoms with Gasteiger partial charge in [0.05, 0.1) is 6.42 Å². The summed E-state index contributed by atoms with van der Waals surface area (Å²) in [5, 5.41) is 9.50. The molecule has 0 aliphatic heterocycles. The molecule has 28 heavy (non-hydrogen) atoms. The van der Waals surface area contributed by atoms with Crippen LogP contribution in [0.15, 0.2) is 48.5 Å². The van der Waals surface area contributed by atoms with Crippen molar-refractivity contribution < 1.29 is 19.4 Å². The fourth-order valence-corrected chi connectivity index (χ4v) is 3.17. The van der Waals surface area contributed by atoms with Gasteiger partial charge in [0.1, 0.15) is 0 Å². The first kappa shape index (κ1) is 21.7. The molecule has 0 aliphatic carbocycles. The lowest BCUT2D eigenvalue weighted by atomic mass is 10.00. The number of aliphatic carboxylic acids is 1. The van der Waals surface area contributed by atoms with Crippen LogP contribution < -0.4 is 0 Å². The van der Waals surface area contributed by atoms with Gasteiger partial charge in [-0.2, -0.15) is 0 Å². The van der Waals surface area contributed by atoms with Gasteiger partial charge < -0.3 is 9.84 Å². The fraction of sp³-hybridized carbons (Fsp3) is 0.417. The molecule has 2 aromatic carbocycles. The van der Waals surface area contributed by atoms with E-state index in [0.717, 1.165) is 24.0 Å². The summed E-state index contributed by atoms with van der Waals surface area (Å²) >= 11 is 0. The molecule has 1 atom stereocenters. The van der Waals surface area contributed by atoms with Crippen molar-refractivity contribution in [3.05, 3.63) is 70.8 Å². The molecule has 0 bridgehead atoms. The lowest BCUT2D eigenvalue weighted by molar-refractivity contribution is -0.164. The van der Waals surface area contributed by atoms with Crippen molar-refractivity contribution in [2.75, 3.05) is 0 Å². The van der Waals surface area contributed by atoms with Gasteiger partial charge in [-0.05, 0) is 41.4 Å². The summed E-state index contributed by atoms with van der Waals surface area (Å²) < 4.78 is 5.28. The van der Waals surface area contributed by atoms with Crippen LogP contribution in [-0.4, -0.2) is 17.0 Å². The van der Waals surface area contributed by atoms with Gasteiger partial charge in [0.2, 0.25) is 6.10 Å². The second-order valence-electron chi connectivity index (χ2n) is 8.14. The van der Waals surface area contributed by atoms with E-state index in [9.17, 15) is 14.7 Å². The van der Waals surface area contributed by atoms with Gasteiger partial charge in [0.15, 0.2) is 0 Å². The van der Waals surface area contributed by atoms with E-state index in [1.54, 1.807) is 12.1 Å². The van der Waals surface area contributed by atoms with Gasteiger partial charge in [0, 0.05) is 5.56 Å². The van der Waals surface area contributed by atoms with Gasteiger partial charge in [-0.3, -0.25) is 4.79 Å². The first-order valence-electron chi connectivity index (χ1n) is 9.83. The number of carbonyl (C=O) groups excluding carboxylic acids is 1. The Hall–Kier alpha value is -2.62. The molecule has 0 saturated carbocycles. The van der Waals surface area contributed by atoms with Crippen LogP contribution in [0, 0.1) is 11.8 Å². The number of carboxylic acids is 1. The lowest BCUT2D eigenvalue weighted by Gasteiger charge is -2.15. The van der Waals surface area contributed by atoms with Crippen LogP contribution in [0.4, 0.5) is 0 Å². The van der Waals surface area contributed by atoms with Crippen molar-refractivity contribution in [3.63, 3.8) is 0 Å². The van der Waals surface area contributed by atoms with Crippen molar-refractivity contribution in [2.24, 2.45) is 11.8 Å². The van der Waals surface area contributed by atoms with Crippen LogP contribution in [0.1, 0.15) is 56.1 Å². The SMILES string of the molecule is CC(C)Cc1ccc(CC(=O)OC(C(=O)O)c2ccc(CC(C)C)cc2)cc1. The molecule has 4 nitrogen and oxygen atoms in total. The maximum absolute atomic E-state index is 12.3. The Morgan fingerprint density at radius 1 is 0.786 bits per heavy atom. The molecule has 0 radical (unpaired) electrons. The summed E-state index contributed by atoms with van der Waals surface area (Å²) in [7, 11) is 0. The van der Waals surface area contributed by atoms with Crippen molar-refractivity contribution >= 4 is 11.9 Å². The molecule has 1 unspecified atom stereocenters. The second kappa shape index (κ2) is 10.1. The average Bonchev–Trinajstić information content (AvgIpc) is 2.61. The summed E-state index contributed by atoms with van der Waals surface area (Å²) in [6, 6.07) is 15.1. The number of rotatable bonds is 9. The monoisotopic (exact) mass is 382 g/mol. The number of benzene rings is 2. The van der Waals surface area contributed by atoms with Crippen molar-refractivity contribution in [1.29, 1.82) is 0 Å². The number of hydrogen-bond donors (Lipinski definition) is 1. The van der Waals surface area contributed by atoms with E-state index < -0.39 is 18.0 Å². The van der Waals surface area contributed by atoms with Crippen LogP contribution in [0.25, 0.3) is 0 Å². The summed E-state index contributed by atoms with van der Waals surface area (Å²) in [6.07, 6.45) is 0.668. The van der Waals surface area contributed by atoms with Crippen molar-refractivity contribution in [1.82, 2.24) is 0 Å². The molecule has 2 aromatic rings. The normalized spacial score (nSPS) is 12.2. The number of ether oxygens (including phenoxy) is 1. The van der Waals surface area contributed by atoms with E-state index in [0.29, 0.717) is 17.4 Å². The molecule has 4 heteroatoms. The average molecular weight is 383 g/mol. The standard InChI is InChI=1S/C24H30O4/c1-16(2)13-18-5-7-20(8-6-18)15-22(25)28-23(24(26)27)21-11-9-19(10-12-21)14-17(3)4/h5-12,16-17,23H,13-15H2,1-4H3,(H,26,27). The molecule has 0 aromatic heterocycles. The van der Waals surface area contributed by atoms with Crippen molar-refractivity contribution in [2.45, 2.75) is 53.1 Å². The molecule has 0 heterocycles. The van der Waals surface area contributed by atoms with E-state index in [-0.39, 0.29) is 6.42 Å². The van der Waals surface area contributed by atoms with Crippen LogP contribution in [-0.2, 0) is 33.6 Å². The zero-order chi connectivity index (χ0) is 20.7. The van der Waals surface area contributed by atoms with E-state index in [2.05, 4.69) is 27.7 Å². The Morgan fingerprint density at radius 3 is 1.64 bits per heavy atom. The third-order valence-electron chi connectivity index (χ3n) is 4.42. The highest BCUT2D eigenvalue weighted by Crippen LogP contribution is 2.21. The van der Waals surface area contributed by atoms with Gasteiger partial charge in [-0.1, -0.05) is 76.2 Å². The number of carbonyl (C=O) groups is 2. The Labute approximate surface area is 167 Å². The lowest BCUT2D eigenvalue weighted by Crippen LogP contribution is -2.20. The van der Waals surface area contributed by atoms with E-state index in [1.807, 2.05) is 36.4 Å². The third kappa shape index (κ3) is 6.84. The second-order valence-corrected chi connectivity index (χ2v) is 8.14. The Balaban J connectivity index is 2.01. The van der Waals surface area contributed by atoms with E-state index in [4.69, 9.17) is 4.74 Å². The zero-order valence-electron chi connectivity index (χ0n) is 17.1. The van der Waals surface area contributed by atoms with Crippen LogP contribution in [0.5, 0.6) is 0 Å². The van der Waals surface area contributed by atoms with E-state index in [1.165, 1.54) is 5.56 Å². The summed E-state index contributed by atoms with van der Waals surface area (Å²) in [5.41, 5.74) is 3.64. The number of hydrogen-bond acceptors (Lipinski definition) is 3. The minimum absolute atomic E-state index is 0.0527. The maximum atomic E-state index is 12.3. The van der Waals surface area contributed by atoms with Crippen LogP contribution >= 0.6 is 0 Å². The highest BCUT2D eigenvalue weighted by molar-refractivity contribution is 5.80. The molecule has 0 saturated heterocycles. The van der Waals surface area contributed by atoms with Crippen LogP contribution in [0.2, 0.25) is 0 Å². The predicted octanol–water partition coefficient (Wildman–Crippen LogP) is 5.00. The Bertz CT molecular complexity index is 773. The van der Waals surface area contributed by atoms with Crippen molar-refractivity contribution in [3.8, 4) is 0 Å². The van der Waals surface area contributed by atoms with Gasteiger partial charge >= 0.3 is 11.9 Å². The number of esters is 1. The molecule has 0 amide bonds.